The third kappa shape index (κ3) is 4.46. The van der Waals surface area contributed by atoms with Crippen molar-refractivity contribution < 1.29 is 14.3 Å². The van der Waals surface area contributed by atoms with Gasteiger partial charge in [0.15, 0.2) is 6.61 Å². The van der Waals surface area contributed by atoms with Gasteiger partial charge in [-0.3, -0.25) is 9.59 Å². The molecule has 6 heteroatoms. The molecule has 1 amide bonds. The van der Waals surface area contributed by atoms with Crippen LogP contribution in [0.1, 0.15) is 40.9 Å². The van der Waals surface area contributed by atoms with Crippen LogP contribution in [0, 0.1) is 6.92 Å². The normalized spacial score (nSPS) is 11.8. The van der Waals surface area contributed by atoms with E-state index in [1.165, 1.54) is 6.07 Å². The van der Waals surface area contributed by atoms with E-state index in [0.717, 1.165) is 11.1 Å². The number of hydrogen-bond donors (Lipinski definition) is 2. The number of hydrogen-bond acceptors (Lipinski definition) is 4. The second kappa shape index (κ2) is 8.52. The average Bonchev–Trinajstić information content (AvgIpc) is 2.70. The molecule has 0 aliphatic carbocycles. The number of carbonyl (C=O) groups is 2. The summed E-state index contributed by atoms with van der Waals surface area (Å²) in [7, 11) is 0. The molecule has 1 atom stereocenters. The quantitative estimate of drug-likeness (QED) is 0.645. The third-order valence-corrected chi connectivity index (χ3v) is 4.53. The highest BCUT2D eigenvalue weighted by Crippen LogP contribution is 2.18. The minimum Gasteiger partial charge on any atom is -0.452 e. The second-order valence-corrected chi connectivity index (χ2v) is 6.61. The largest absolute Gasteiger partial charge is 0.452 e. The van der Waals surface area contributed by atoms with Gasteiger partial charge in [0.2, 0.25) is 5.56 Å². The van der Waals surface area contributed by atoms with Crippen LogP contribution in [-0.4, -0.2) is 23.5 Å². The summed E-state index contributed by atoms with van der Waals surface area (Å²) in [5.41, 5.74) is 2.41. The van der Waals surface area contributed by atoms with Crippen molar-refractivity contribution in [1.29, 1.82) is 0 Å². The van der Waals surface area contributed by atoms with E-state index in [4.69, 9.17) is 4.74 Å². The smallest absolute Gasteiger partial charge is 0.339 e. The molecule has 0 spiro atoms. The number of nitrogens with one attached hydrogen (secondary N) is 2. The van der Waals surface area contributed by atoms with Crippen molar-refractivity contribution >= 4 is 22.8 Å². The van der Waals surface area contributed by atoms with E-state index in [2.05, 4.69) is 10.3 Å². The molecule has 0 saturated heterocycles. The van der Waals surface area contributed by atoms with Crippen LogP contribution in [0.15, 0.2) is 59.4 Å². The molecular weight excluding hydrogens is 356 g/mol. The predicted molar refractivity (Wildman–Crippen MR) is 107 cm³/mol. The maximum absolute atomic E-state index is 12.4. The van der Waals surface area contributed by atoms with E-state index in [1.54, 1.807) is 24.3 Å². The van der Waals surface area contributed by atoms with Crippen molar-refractivity contribution in [3.05, 3.63) is 81.6 Å². The molecule has 1 heterocycles. The van der Waals surface area contributed by atoms with Crippen LogP contribution >= 0.6 is 0 Å². The number of para-hydroxylation sites is 1. The lowest BCUT2D eigenvalue weighted by molar-refractivity contribution is -0.125. The Hall–Kier alpha value is -3.41. The van der Waals surface area contributed by atoms with Crippen LogP contribution in [0.5, 0.6) is 0 Å². The van der Waals surface area contributed by atoms with E-state index in [0.29, 0.717) is 17.3 Å². The Balaban J connectivity index is 1.67. The molecule has 0 unspecified atom stereocenters. The molecule has 0 bridgehead atoms. The van der Waals surface area contributed by atoms with E-state index in [-0.39, 0.29) is 11.6 Å². The zero-order valence-corrected chi connectivity index (χ0v) is 15.8. The fourth-order valence-corrected chi connectivity index (χ4v) is 3.04. The van der Waals surface area contributed by atoms with Gasteiger partial charge in [0.1, 0.15) is 0 Å². The number of rotatable bonds is 6. The Morgan fingerprint density at radius 3 is 2.54 bits per heavy atom. The second-order valence-electron chi connectivity index (χ2n) is 6.61. The highest BCUT2D eigenvalue weighted by Gasteiger charge is 2.17. The Labute approximate surface area is 162 Å². The summed E-state index contributed by atoms with van der Waals surface area (Å²) in [5, 5.41) is 3.44. The number of aromatic nitrogens is 1. The first kappa shape index (κ1) is 19.4. The van der Waals surface area contributed by atoms with Crippen LogP contribution in [0.4, 0.5) is 0 Å². The summed E-state index contributed by atoms with van der Waals surface area (Å²) in [6.45, 7) is 3.56. The molecule has 3 rings (SSSR count). The van der Waals surface area contributed by atoms with Crippen molar-refractivity contribution in [2.24, 2.45) is 0 Å². The van der Waals surface area contributed by atoms with Gasteiger partial charge >= 0.3 is 5.97 Å². The number of pyridine rings is 1. The van der Waals surface area contributed by atoms with Crippen molar-refractivity contribution in [3.8, 4) is 0 Å². The van der Waals surface area contributed by atoms with Crippen LogP contribution in [-0.2, 0) is 9.53 Å². The molecule has 1 aromatic heterocycles. The molecule has 28 heavy (non-hydrogen) atoms. The first-order valence-corrected chi connectivity index (χ1v) is 9.13. The molecule has 144 valence electrons. The summed E-state index contributed by atoms with van der Waals surface area (Å²) in [6.07, 6.45) is 0.710. The number of carbonyl (C=O) groups excluding carboxylic acids is 2. The minimum atomic E-state index is -0.708. The van der Waals surface area contributed by atoms with Gasteiger partial charge in [0.05, 0.1) is 11.6 Å². The summed E-state index contributed by atoms with van der Waals surface area (Å²) in [6, 6.07) is 15.9. The van der Waals surface area contributed by atoms with E-state index >= 15 is 0 Å². The molecule has 0 aliphatic rings. The van der Waals surface area contributed by atoms with Crippen LogP contribution in [0.3, 0.4) is 0 Å². The first-order valence-electron chi connectivity index (χ1n) is 9.13. The van der Waals surface area contributed by atoms with Crippen molar-refractivity contribution in [2.75, 3.05) is 6.61 Å². The molecule has 2 N–H and O–H groups in total. The summed E-state index contributed by atoms with van der Waals surface area (Å²) in [4.78, 5) is 39.1. The highest BCUT2D eigenvalue weighted by molar-refractivity contribution is 6.03. The Morgan fingerprint density at radius 2 is 1.82 bits per heavy atom. The molecule has 2 aromatic carbocycles. The molecule has 6 nitrogen and oxygen atoms in total. The van der Waals surface area contributed by atoms with Crippen LogP contribution < -0.4 is 10.9 Å². The number of aryl methyl sites for hydroxylation is 1. The average molecular weight is 378 g/mol. The Bertz CT molecular complexity index is 1050. The molecule has 0 aliphatic heterocycles. The number of benzene rings is 2. The van der Waals surface area contributed by atoms with E-state index in [9.17, 15) is 14.4 Å². The predicted octanol–water partition coefficient (Wildman–Crippen LogP) is 3.26. The summed E-state index contributed by atoms with van der Waals surface area (Å²) >= 11 is 0. The minimum absolute atomic E-state index is 0.137. The van der Waals surface area contributed by atoms with Crippen LogP contribution in [0.2, 0.25) is 0 Å². The van der Waals surface area contributed by atoms with Crippen molar-refractivity contribution in [3.63, 3.8) is 0 Å². The van der Waals surface area contributed by atoms with Crippen molar-refractivity contribution in [1.82, 2.24) is 10.3 Å². The van der Waals surface area contributed by atoms with Gasteiger partial charge in [0.25, 0.3) is 5.91 Å². The zero-order chi connectivity index (χ0) is 20.1. The zero-order valence-electron chi connectivity index (χ0n) is 15.8. The Morgan fingerprint density at radius 1 is 1.11 bits per heavy atom. The third-order valence-electron chi connectivity index (χ3n) is 4.53. The summed E-state index contributed by atoms with van der Waals surface area (Å²) in [5.74, 6) is -1.10. The van der Waals surface area contributed by atoms with Gasteiger partial charge in [0, 0.05) is 17.0 Å². The molecule has 3 aromatic rings. The van der Waals surface area contributed by atoms with E-state index < -0.39 is 24.0 Å². The molecule has 0 radical (unpaired) electrons. The van der Waals surface area contributed by atoms with Gasteiger partial charge in [-0.1, -0.05) is 55.0 Å². The maximum atomic E-state index is 12.4. The summed E-state index contributed by atoms with van der Waals surface area (Å²) < 4.78 is 5.15. The molecule has 0 saturated carbocycles. The number of aromatic amines is 1. The number of fused-ring (bicyclic) bond motifs is 1. The monoisotopic (exact) mass is 378 g/mol. The standard InChI is InChI=1S/C22H22N2O4/c1-3-18(15-10-8-14(2)9-11-15)23-21(26)13-28-22(27)17-12-20(25)24-19-7-5-4-6-16(17)19/h4-12,18H,3,13H2,1-2H3,(H,23,26)(H,24,25)/t18-/m1/s1. The lowest BCUT2D eigenvalue weighted by atomic mass is 10.0. The van der Waals surface area contributed by atoms with E-state index in [1.807, 2.05) is 38.1 Å². The number of amides is 1. The number of ether oxygens (including phenoxy) is 1. The first-order chi connectivity index (χ1) is 13.5. The highest BCUT2D eigenvalue weighted by atomic mass is 16.5. The van der Waals surface area contributed by atoms with Gasteiger partial charge in [-0.15, -0.1) is 0 Å². The fraction of sp³-hybridized carbons (Fsp3) is 0.227. The maximum Gasteiger partial charge on any atom is 0.339 e. The number of H-pyrrole nitrogens is 1. The van der Waals surface area contributed by atoms with Gasteiger partial charge < -0.3 is 15.0 Å². The topological polar surface area (TPSA) is 88.3 Å². The lowest BCUT2D eigenvalue weighted by Crippen LogP contribution is -2.32. The van der Waals surface area contributed by atoms with Crippen molar-refractivity contribution in [2.45, 2.75) is 26.3 Å². The number of esters is 1. The Kier molecular flexibility index (Phi) is 5.89. The van der Waals surface area contributed by atoms with Gasteiger partial charge in [-0.25, -0.2) is 4.79 Å². The lowest BCUT2D eigenvalue weighted by Gasteiger charge is -2.17. The van der Waals surface area contributed by atoms with Crippen LogP contribution in [0.25, 0.3) is 10.9 Å². The van der Waals surface area contributed by atoms with Gasteiger partial charge in [-0.05, 0) is 25.0 Å². The van der Waals surface area contributed by atoms with Gasteiger partial charge in [-0.2, -0.15) is 0 Å². The molecular formula is C22H22N2O4. The molecule has 0 fully saturated rings. The SMILES string of the molecule is CC[C@@H](NC(=O)COC(=O)c1cc(=O)[nH]c2ccccc12)c1ccc(C)cc1. The fourth-order valence-electron chi connectivity index (χ4n) is 3.04.